The summed E-state index contributed by atoms with van der Waals surface area (Å²) in [5.74, 6) is 0.669. The SMILES string of the molecule is CC1(C)OC[C@H](COc2ccnc(NC(=O)N3c4nc(C(=O)NCc5nnn[nH]5)ccc4N4CC[C@H]3C4)c2)O1. The van der Waals surface area contributed by atoms with Gasteiger partial charge in [-0.25, -0.2) is 19.9 Å². The van der Waals surface area contributed by atoms with Gasteiger partial charge in [0.25, 0.3) is 5.91 Å². The Balaban J connectivity index is 1.16. The molecule has 6 rings (SSSR count). The molecule has 3 N–H and O–H groups in total. The third kappa shape index (κ3) is 5.31. The number of hydrogen-bond acceptors (Lipinski definition) is 11. The van der Waals surface area contributed by atoms with Crippen LogP contribution in [0.3, 0.4) is 0 Å². The molecule has 0 aromatic carbocycles. The molecular formula is C24H28N10O5. The summed E-state index contributed by atoms with van der Waals surface area (Å²) >= 11 is 0. The maximum atomic E-state index is 13.5. The second-order valence-corrected chi connectivity index (χ2v) is 9.90. The van der Waals surface area contributed by atoms with E-state index in [0.29, 0.717) is 43.0 Å². The topological polar surface area (TPSA) is 173 Å². The van der Waals surface area contributed by atoms with Gasteiger partial charge in [0.1, 0.15) is 30.0 Å². The van der Waals surface area contributed by atoms with Crippen molar-refractivity contribution in [2.24, 2.45) is 0 Å². The minimum Gasteiger partial charge on any atom is -0.491 e. The number of urea groups is 1. The van der Waals surface area contributed by atoms with E-state index in [-0.39, 0.29) is 30.4 Å². The van der Waals surface area contributed by atoms with Crippen LogP contribution in [0.15, 0.2) is 30.5 Å². The highest BCUT2D eigenvalue weighted by molar-refractivity contribution is 6.05. The highest BCUT2D eigenvalue weighted by Gasteiger charge is 2.40. The molecule has 3 aromatic heterocycles. The van der Waals surface area contributed by atoms with Crippen LogP contribution in [-0.4, -0.2) is 86.8 Å². The average Bonchev–Trinajstić information content (AvgIpc) is 3.67. The van der Waals surface area contributed by atoms with E-state index in [1.807, 2.05) is 19.9 Å². The lowest BCUT2D eigenvalue weighted by molar-refractivity contribution is -0.141. The van der Waals surface area contributed by atoms with Crippen molar-refractivity contribution < 1.29 is 23.8 Å². The van der Waals surface area contributed by atoms with Crippen molar-refractivity contribution in [3.63, 3.8) is 0 Å². The van der Waals surface area contributed by atoms with Crippen molar-refractivity contribution in [2.45, 2.75) is 44.7 Å². The highest BCUT2D eigenvalue weighted by atomic mass is 16.7. The van der Waals surface area contributed by atoms with Crippen molar-refractivity contribution in [3.05, 3.63) is 42.0 Å². The molecule has 0 unspecified atom stereocenters. The van der Waals surface area contributed by atoms with Gasteiger partial charge in [0.05, 0.1) is 24.9 Å². The van der Waals surface area contributed by atoms with Gasteiger partial charge in [0.2, 0.25) is 0 Å². The number of pyridine rings is 2. The lowest BCUT2D eigenvalue weighted by Gasteiger charge is -2.35. The van der Waals surface area contributed by atoms with Crippen LogP contribution in [-0.2, 0) is 16.0 Å². The van der Waals surface area contributed by atoms with Gasteiger partial charge in [-0.15, -0.1) is 5.10 Å². The summed E-state index contributed by atoms with van der Waals surface area (Å²) in [5, 5.41) is 18.9. The molecule has 2 bridgehead atoms. The van der Waals surface area contributed by atoms with E-state index < -0.39 is 11.7 Å². The maximum absolute atomic E-state index is 13.5. The van der Waals surface area contributed by atoms with Crippen LogP contribution in [0.5, 0.6) is 5.75 Å². The zero-order valence-corrected chi connectivity index (χ0v) is 21.5. The molecule has 15 nitrogen and oxygen atoms in total. The fraction of sp³-hybridized carbons (Fsp3) is 0.458. The third-order valence-electron chi connectivity index (χ3n) is 6.68. The quantitative estimate of drug-likeness (QED) is 0.394. The number of aromatic nitrogens is 6. The Bertz CT molecular complexity index is 1370. The first kappa shape index (κ1) is 24.9. The van der Waals surface area contributed by atoms with Crippen LogP contribution in [0.2, 0.25) is 0 Å². The first-order valence-corrected chi connectivity index (χ1v) is 12.6. The summed E-state index contributed by atoms with van der Waals surface area (Å²) in [6, 6.07) is 6.34. The zero-order valence-electron chi connectivity index (χ0n) is 21.5. The Morgan fingerprint density at radius 3 is 2.97 bits per heavy atom. The number of fused-ring (bicyclic) bond motifs is 4. The van der Waals surface area contributed by atoms with E-state index in [1.54, 1.807) is 29.3 Å². The molecule has 3 aliphatic heterocycles. The lowest BCUT2D eigenvalue weighted by atomic mass is 10.1. The van der Waals surface area contributed by atoms with Crippen LogP contribution in [0.25, 0.3) is 0 Å². The number of ether oxygens (including phenoxy) is 3. The predicted octanol–water partition coefficient (Wildman–Crippen LogP) is 1.08. The van der Waals surface area contributed by atoms with Crippen LogP contribution in [0.1, 0.15) is 36.6 Å². The molecule has 39 heavy (non-hydrogen) atoms. The third-order valence-corrected chi connectivity index (χ3v) is 6.68. The number of carbonyl (C=O) groups is 2. The van der Waals surface area contributed by atoms with E-state index in [1.165, 1.54) is 0 Å². The normalized spacial score (nSPS) is 21.0. The van der Waals surface area contributed by atoms with Crippen molar-refractivity contribution in [3.8, 4) is 5.75 Å². The molecule has 3 amide bonds. The fourth-order valence-corrected chi connectivity index (χ4v) is 4.88. The van der Waals surface area contributed by atoms with E-state index in [4.69, 9.17) is 14.2 Å². The largest absolute Gasteiger partial charge is 0.491 e. The van der Waals surface area contributed by atoms with Gasteiger partial charge in [-0.2, -0.15) is 0 Å². The van der Waals surface area contributed by atoms with Gasteiger partial charge in [-0.3, -0.25) is 15.0 Å². The molecule has 2 atom stereocenters. The molecule has 3 aliphatic rings. The van der Waals surface area contributed by atoms with Crippen molar-refractivity contribution >= 4 is 29.3 Å². The fourth-order valence-electron chi connectivity index (χ4n) is 4.88. The zero-order chi connectivity index (χ0) is 27.0. The smallest absolute Gasteiger partial charge is 0.329 e. The van der Waals surface area contributed by atoms with Crippen molar-refractivity contribution in [1.82, 2.24) is 35.9 Å². The monoisotopic (exact) mass is 536 g/mol. The number of nitrogens with one attached hydrogen (secondary N) is 3. The number of hydrogen-bond donors (Lipinski definition) is 3. The van der Waals surface area contributed by atoms with Crippen molar-refractivity contribution in [2.75, 3.05) is 41.4 Å². The lowest BCUT2D eigenvalue weighted by Crippen LogP contribution is -2.48. The molecule has 2 saturated heterocycles. The average molecular weight is 537 g/mol. The summed E-state index contributed by atoms with van der Waals surface area (Å²) in [5.41, 5.74) is 0.970. The van der Waals surface area contributed by atoms with Gasteiger partial charge in [-0.1, -0.05) is 0 Å². The minimum absolute atomic E-state index is 0.0918. The standard InChI is InChI=1S/C24H28N10O5/c1-24(2)38-13-16(39-24)12-37-15-5-7-25-19(9-15)28-23(36)34-14-6-8-33(11-14)18-4-3-17(27-21(18)34)22(35)26-10-20-29-31-32-30-20/h3-5,7,9,14,16H,6,8,10-13H2,1-2H3,(H,26,35)(H,25,28,36)(H,29,30,31,32)/t14-,16-/m0/s1. The Hall–Kier alpha value is -4.37. The summed E-state index contributed by atoms with van der Waals surface area (Å²) in [6.45, 7) is 6.05. The summed E-state index contributed by atoms with van der Waals surface area (Å²) in [7, 11) is 0. The molecule has 0 aliphatic carbocycles. The number of aromatic amines is 1. The van der Waals surface area contributed by atoms with Crippen LogP contribution in [0.4, 0.5) is 22.1 Å². The van der Waals surface area contributed by atoms with Gasteiger partial charge in [0.15, 0.2) is 17.4 Å². The molecule has 0 spiro atoms. The van der Waals surface area contributed by atoms with Gasteiger partial charge in [0, 0.05) is 25.4 Å². The summed E-state index contributed by atoms with van der Waals surface area (Å²) < 4.78 is 17.2. The molecule has 3 aromatic rings. The van der Waals surface area contributed by atoms with E-state index in [9.17, 15) is 9.59 Å². The Morgan fingerprint density at radius 2 is 2.18 bits per heavy atom. The van der Waals surface area contributed by atoms with Gasteiger partial charge >= 0.3 is 6.03 Å². The first-order valence-electron chi connectivity index (χ1n) is 12.6. The molecule has 2 fully saturated rings. The number of carbonyl (C=O) groups excluding carboxylic acids is 2. The van der Waals surface area contributed by atoms with E-state index in [0.717, 1.165) is 18.7 Å². The first-order chi connectivity index (χ1) is 18.8. The minimum atomic E-state index is -0.630. The number of tetrazole rings is 1. The Morgan fingerprint density at radius 1 is 1.28 bits per heavy atom. The van der Waals surface area contributed by atoms with E-state index in [2.05, 4.69) is 46.1 Å². The van der Waals surface area contributed by atoms with Gasteiger partial charge < -0.3 is 24.4 Å². The van der Waals surface area contributed by atoms with Gasteiger partial charge in [-0.05, 0) is 48.9 Å². The second-order valence-electron chi connectivity index (χ2n) is 9.90. The molecular weight excluding hydrogens is 508 g/mol. The van der Waals surface area contributed by atoms with E-state index >= 15 is 0 Å². The second kappa shape index (κ2) is 10.1. The number of anilines is 3. The number of H-pyrrole nitrogens is 1. The number of rotatable bonds is 7. The molecule has 15 heteroatoms. The predicted molar refractivity (Wildman–Crippen MR) is 136 cm³/mol. The van der Waals surface area contributed by atoms with Crippen molar-refractivity contribution in [1.29, 1.82) is 0 Å². The number of amides is 3. The molecule has 0 saturated carbocycles. The molecule has 0 radical (unpaired) electrons. The van der Waals surface area contributed by atoms with Crippen LogP contribution < -0.4 is 25.2 Å². The maximum Gasteiger partial charge on any atom is 0.329 e. The Kier molecular flexibility index (Phi) is 6.44. The van der Waals surface area contributed by atoms with Crippen LogP contribution >= 0.6 is 0 Å². The highest BCUT2D eigenvalue weighted by Crippen LogP contribution is 2.39. The van der Waals surface area contributed by atoms with Crippen LogP contribution in [0, 0.1) is 0 Å². The number of nitrogens with zero attached hydrogens (tertiary/aromatic N) is 7. The summed E-state index contributed by atoms with van der Waals surface area (Å²) in [6.07, 6.45) is 2.15. The molecule has 204 valence electrons. The Labute approximate surface area is 223 Å². The molecule has 6 heterocycles. The summed E-state index contributed by atoms with van der Waals surface area (Å²) in [4.78, 5) is 39.0.